The van der Waals surface area contributed by atoms with Gasteiger partial charge in [0.1, 0.15) is 0 Å². The van der Waals surface area contributed by atoms with Crippen LogP contribution in [0.15, 0.2) is 72.9 Å². The summed E-state index contributed by atoms with van der Waals surface area (Å²) in [5.74, 6) is -0.470. The van der Waals surface area contributed by atoms with Gasteiger partial charge in [0.05, 0.1) is 20.5 Å². The highest BCUT2D eigenvalue weighted by atomic mass is 35.5. The van der Waals surface area contributed by atoms with Crippen LogP contribution in [0.25, 0.3) is 11.1 Å². The van der Waals surface area contributed by atoms with Gasteiger partial charge in [0.15, 0.2) is 0 Å². The van der Waals surface area contributed by atoms with E-state index in [-0.39, 0.29) is 17.7 Å². The first kappa shape index (κ1) is 21.2. The number of hydrogen-bond acceptors (Lipinski definition) is 5. The van der Waals surface area contributed by atoms with Crippen LogP contribution in [-0.4, -0.2) is 26.8 Å². The molecule has 2 aromatic carbocycles. The third-order valence-electron chi connectivity index (χ3n) is 5.46. The van der Waals surface area contributed by atoms with Gasteiger partial charge >= 0.3 is 0 Å². The van der Waals surface area contributed by atoms with Crippen molar-refractivity contribution in [2.45, 2.75) is 13.1 Å². The minimum Gasteiger partial charge on any atom is -0.493 e. The van der Waals surface area contributed by atoms with Crippen LogP contribution in [0.5, 0.6) is 5.88 Å². The molecule has 8 heteroatoms. The van der Waals surface area contributed by atoms with Crippen LogP contribution in [0.2, 0.25) is 4.34 Å². The number of nitrogens with zero attached hydrogens (tertiary/aromatic N) is 2. The van der Waals surface area contributed by atoms with Gasteiger partial charge in [0.25, 0.3) is 11.8 Å². The lowest BCUT2D eigenvalue weighted by Gasteiger charge is -2.17. The van der Waals surface area contributed by atoms with Crippen molar-refractivity contribution in [1.82, 2.24) is 9.88 Å². The Morgan fingerprint density at radius 2 is 1.97 bits per heavy atom. The maximum atomic E-state index is 13.3. The summed E-state index contributed by atoms with van der Waals surface area (Å²) < 4.78 is 0.530. The first-order chi connectivity index (χ1) is 16.0. The molecule has 4 aromatic rings. The lowest BCUT2D eigenvalue weighted by Crippen LogP contribution is -2.24. The van der Waals surface area contributed by atoms with Gasteiger partial charge in [-0.1, -0.05) is 41.9 Å². The number of halogens is 1. The van der Waals surface area contributed by atoms with Crippen molar-refractivity contribution in [2.24, 2.45) is 0 Å². The van der Waals surface area contributed by atoms with Gasteiger partial charge in [-0.25, -0.2) is 4.98 Å². The zero-order valence-corrected chi connectivity index (χ0v) is 18.9. The van der Waals surface area contributed by atoms with Crippen molar-refractivity contribution < 1.29 is 14.7 Å². The average molecular weight is 476 g/mol. The van der Waals surface area contributed by atoms with E-state index in [2.05, 4.69) is 10.3 Å². The largest absolute Gasteiger partial charge is 0.493 e. The summed E-state index contributed by atoms with van der Waals surface area (Å²) in [4.78, 5) is 32.0. The van der Waals surface area contributed by atoms with Gasteiger partial charge in [-0.15, -0.1) is 11.3 Å². The maximum absolute atomic E-state index is 13.3. The first-order valence-corrected chi connectivity index (χ1v) is 11.4. The van der Waals surface area contributed by atoms with E-state index in [0.29, 0.717) is 39.1 Å². The van der Waals surface area contributed by atoms with Crippen molar-refractivity contribution in [1.29, 1.82) is 0 Å². The van der Waals surface area contributed by atoms with Gasteiger partial charge in [-0.2, -0.15) is 0 Å². The monoisotopic (exact) mass is 475 g/mol. The molecule has 0 aliphatic carbocycles. The number of thiophene rings is 1. The predicted octanol–water partition coefficient (Wildman–Crippen LogP) is 5.58. The molecule has 3 heterocycles. The van der Waals surface area contributed by atoms with E-state index in [1.54, 1.807) is 35.2 Å². The number of aromatic nitrogens is 1. The van der Waals surface area contributed by atoms with Crippen molar-refractivity contribution in [3.05, 3.63) is 98.8 Å². The van der Waals surface area contributed by atoms with Gasteiger partial charge in [0, 0.05) is 24.8 Å². The zero-order chi connectivity index (χ0) is 22.9. The van der Waals surface area contributed by atoms with Crippen molar-refractivity contribution in [3.63, 3.8) is 0 Å². The Morgan fingerprint density at radius 3 is 2.76 bits per heavy atom. The molecule has 0 unspecified atom stereocenters. The van der Waals surface area contributed by atoms with Crippen molar-refractivity contribution in [2.75, 3.05) is 5.32 Å². The van der Waals surface area contributed by atoms with Crippen LogP contribution in [0, 0.1) is 0 Å². The van der Waals surface area contributed by atoms with Gasteiger partial charge in [-0.3, -0.25) is 9.59 Å². The second kappa shape index (κ2) is 8.69. The Hall–Kier alpha value is -3.68. The average Bonchev–Trinajstić information content (AvgIpc) is 3.38. The Morgan fingerprint density at radius 1 is 1.12 bits per heavy atom. The second-order valence-corrected chi connectivity index (χ2v) is 9.35. The first-order valence-electron chi connectivity index (χ1n) is 10.2. The number of fused-ring (bicyclic) bond motifs is 1. The molecule has 0 saturated carbocycles. The summed E-state index contributed by atoms with van der Waals surface area (Å²) in [5.41, 5.74) is 4.25. The molecule has 164 valence electrons. The highest BCUT2D eigenvalue weighted by molar-refractivity contribution is 7.18. The van der Waals surface area contributed by atoms with Crippen LogP contribution in [0.4, 0.5) is 5.69 Å². The van der Waals surface area contributed by atoms with Gasteiger partial charge in [0.2, 0.25) is 5.88 Å². The fourth-order valence-electron chi connectivity index (χ4n) is 3.95. The molecule has 2 N–H and O–H groups in total. The summed E-state index contributed by atoms with van der Waals surface area (Å²) >= 11 is 7.13. The van der Waals surface area contributed by atoms with Gasteiger partial charge in [-0.05, 0) is 53.1 Å². The topological polar surface area (TPSA) is 82.5 Å². The molecular formula is C25H18ClN3O3S. The number of nitrogens with one attached hydrogen (secondary N) is 1. The Balaban J connectivity index is 1.37. The summed E-state index contributed by atoms with van der Waals surface area (Å²) in [5, 5.41) is 12.9. The van der Waals surface area contributed by atoms with Crippen LogP contribution in [-0.2, 0) is 13.1 Å². The van der Waals surface area contributed by atoms with E-state index >= 15 is 0 Å². The summed E-state index contributed by atoms with van der Waals surface area (Å²) in [6.45, 7) is 0.849. The maximum Gasteiger partial charge on any atom is 0.265 e. The Labute approximate surface area is 199 Å². The molecule has 0 spiro atoms. The quantitative estimate of drug-likeness (QED) is 0.395. The molecule has 6 nitrogen and oxygen atoms in total. The minimum absolute atomic E-state index is 0.0354. The predicted molar refractivity (Wildman–Crippen MR) is 129 cm³/mol. The SMILES string of the molecule is O=C(Nc1cccc2c1C(=O)N(Cc1cccc(-c3cccnc3O)c1)C2)c1ccc(Cl)s1. The number of anilines is 1. The smallest absolute Gasteiger partial charge is 0.265 e. The third kappa shape index (κ3) is 4.20. The number of hydrogen-bond donors (Lipinski definition) is 2. The molecule has 5 rings (SSSR count). The summed E-state index contributed by atoms with van der Waals surface area (Å²) in [6, 6.07) is 20.0. The number of amides is 2. The fraction of sp³-hybridized carbons (Fsp3) is 0.0800. The molecule has 2 amide bonds. The standard InChI is InChI=1S/C25H18ClN3O3S/c26-21-10-9-20(33-21)24(31)28-19-8-2-6-17-14-29(25(32)22(17)19)13-15-4-1-5-16(12-15)18-7-3-11-27-23(18)30/h1-12H,13-14H2,(H,27,30)(H,28,31). The van der Waals surface area contributed by atoms with E-state index in [0.717, 1.165) is 16.7 Å². The molecule has 0 fully saturated rings. The number of benzene rings is 2. The molecule has 0 atom stereocenters. The Bertz CT molecular complexity index is 1380. The number of pyridine rings is 1. The van der Waals surface area contributed by atoms with E-state index in [1.165, 1.54) is 17.5 Å². The molecule has 0 bridgehead atoms. The molecular weight excluding hydrogens is 458 g/mol. The number of carbonyl (C=O) groups is 2. The molecule has 33 heavy (non-hydrogen) atoms. The summed E-state index contributed by atoms with van der Waals surface area (Å²) in [7, 11) is 0. The lowest BCUT2D eigenvalue weighted by atomic mass is 10.0. The van der Waals surface area contributed by atoms with Crippen LogP contribution in [0.3, 0.4) is 0 Å². The van der Waals surface area contributed by atoms with Crippen LogP contribution < -0.4 is 5.32 Å². The van der Waals surface area contributed by atoms with Crippen molar-refractivity contribution in [3.8, 4) is 17.0 Å². The molecule has 1 aliphatic heterocycles. The second-order valence-electron chi connectivity index (χ2n) is 7.63. The Kier molecular flexibility index (Phi) is 5.58. The lowest BCUT2D eigenvalue weighted by molar-refractivity contribution is 0.0767. The molecule has 1 aliphatic rings. The number of rotatable bonds is 5. The molecule has 2 aromatic heterocycles. The van der Waals surface area contributed by atoms with Crippen molar-refractivity contribution >= 4 is 40.4 Å². The van der Waals surface area contributed by atoms with Crippen LogP contribution >= 0.6 is 22.9 Å². The minimum atomic E-state index is -0.296. The van der Waals surface area contributed by atoms with E-state index < -0.39 is 0 Å². The highest BCUT2D eigenvalue weighted by Gasteiger charge is 2.30. The van der Waals surface area contributed by atoms with Crippen LogP contribution in [0.1, 0.15) is 31.2 Å². The highest BCUT2D eigenvalue weighted by Crippen LogP contribution is 2.33. The zero-order valence-electron chi connectivity index (χ0n) is 17.3. The molecule has 0 radical (unpaired) electrons. The summed E-state index contributed by atoms with van der Waals surface area (Å²) in [6.07, 6.45) is 1.53. The number of carbonyl (C=O) groups excluding carboxylic acids is 2. The van der Waals surface area contributed by atoms with E-state index in [9.17, 15) is 14.7 Å². The fourth-order valence-corrected chi connectivity index (χ4v) is 4.89. The third-order valence-corrected chi connectivity index (χ3v) is 6.69. The number of aromatic hydroxyl groups is 1. The van der Waals surface area contributed by atoms with E-state index in [4.69, 9.17) is 11.6 Å². The normalized spacial score (nSPS) is 12.6. The molecule has 0 saturated heterocycles. The van der Waals surface area contributed by atoms with Gasteiger partial charge < -0.3 is 15.3 Å². The van der Waals surface area contributed by atoms with E-state index in [1.807, 2.05) is 36.4 Å².